The largest absolute Gasteiger partial charge is 0.394 e. The molecule has 0 heterocycles. The van der Waals surface area contributed by atoms with Crippen LogP contribution in [-0.4, -0.2) is 11.1 Å². The Kier molecular flexibility index (Phi) is 2.64. The van der Waals surface area contributed by atoms with E-state index in [1.54, 1.807) is 6.92 Å². The van der Waals surface area contributed by atoms with Crippen LogP contribution in [-0.2, 0) is 4.79 Å². The van der Waals surface area contributed by atoms with Gasteiger partial charge in [-0.1, -0.05) is 6.08 Å². The van der Waals surface area contributed by atoms with E-state index in [9.17, 15) is 4.79 Å². The molecule has 4 heteroatoms. The number of allylic oxidation sites excluding steroid dienone is 1. The molecule has 4 nitrogen and oxygen atoms in total. The van der Waals surface area contributed by atoms with E-state index in [1.165, 1.54) is 11.6 Å². The van der Waals surface area contributed by atoms with Crippen LogP contribution in [0.2, 0.25) is 0 Å². The molecule has 46 valence electrons. The van der Waals surface area contributed by atoms with Gasteiger partial charge in [-0.2, -0.15) is 0 Å². The third kappa shape index (κ3) is 1.61. The van der Waals surface area contributed by atoms with Gasteiger partial charge in [-0.05, 0) is 6.92 Å². The van der Waals surface area contributed by atoms with Crippen molar-refractivity contribution in [2.75, 3.05) is 0 Å². The molecule has 0 aromatic carbocycles. The molecule has 0 atom stereocenters. The molecule has 0 unspecified atom stereocenters. The predicted octanol–water partition coefficient (Wildman–Crippen LogP) is -0.646. The van der Waals surface area contributed by atoms with Crippen LogP contribution in [0.4, 0.5) is 0 Å². The minimum atomic E-state index is -0.674. The van der Waals surface area contributed by atoms with Crippen LogP contribution < -0.4 is 11.2 Å². The van der Waals surface area contributed by atoms with E-state index in [0.29, 0.717) is 0 Å². The van der Waals surface area contributed by atoms with Gasteiger partial charge < -0.3 is 5.73 Å². The van der Waals surface area contributed by atoms with Gasteiger partial charge in [-0.15, -0.1) is 0 Å². The predicted molar refractivity (Wildman–Crippen MR) is 27.9 cm³/mol. The van der Waals surface area contributed by atoms with Gasteiger partial charge in [0.1, 0.15) is 0 Å². The summed E-state index contributed by atoms with van der Waals surface area (Å²) in [7, 11) is 0. The van der Waals surface area contributed by atoms with Crippen molar-refractivity contribution in [2.45, 2.75) is 6.92 Å². The van der Waals surface area contributed by atoms with Crippen molar-refractivity contribution >= 4 is 5.91 Å². The zero-order valence-corrected chi connectivity index (χ0v) is 4.51. The summed E-state index contributed by atoms with van der Waals surface area (Å²) in [6.07, 6.45) is 1.39. The van der Waals surface area contributed by atoms with Gasteiger partial charge >= 0.3 is 0 Å². The second-order valence-corrected chi connectivity index (χ2v) is 1.18. The Morgan fingerprint density at radius 2 is 2.38 bits per heavy atom. The summed E-state index contributed by atoms with van der Waals surface area (Å²) in [6, 6.07) is 0. The lowest BCUT2D eigenvalue weighted by molar-refractivity contribution is -0.125. The lowest BCUT2D eigenvalue weighted by atomic mass is 10.4. The highest BCUT2D eigenvalue weighted by atomic mass is 16.5. The van der Waals surface area contributed by atoms with Gasteiger partial charge in [-0.25, -0.2) is 5.48 Å². The lowest BCUT2D eigenvalue weighted by Crippen LogP contribution is -2.24. The molecule has 8 heavy (non-hydrogen) atoms. The van der Waals surface area contributed by atoms with Crippen LogP contribution in [0.15, 0.2) is 11.8 Å². The average molecular weight is 116 g/mol. The van der Waals surface area contributed by atoms with E-state index in [4.69, 9.17) is 10.9 Å². The van der Waals surface area contributed by atoms with Crippen molar-refractivity contribution in [1.82, 2.24) is 5.48 Å². The number of hydrogen-bond acceptors (Lipinski definition) is 3. The zero-order valence-electron chi connectivity index (χ0n) is 4.51. The maximum atomic E-state index is 10.2. The number of hydroxylamine groups is 1. The fraction of sp³-hybridized carbons (Fsp3) is 0.250. The summed E-state index contributed by atoms with van der Waals surface area (Å²) in [4.78, 5) is 10.2. The smallest absolute Gasteiger partial charge is 0.290 e. The summed E-state index contributed by atoms with van der Waals surface area (Å²) < 4.78 is 0. The van der Waals surface area contributed by atoms with Crippen molar-refractivity contribution in [3.8, 4) is 0 Å². The number of carbonyl (C=O) groups excluding carboxylic acids is 1. The molecule has 4 N–H and O–H groups in total. The monoisotopic (exact) mass is 116 g/mol. The van der Waals surface area contributed by atoms with Gasteiger partial charge in [0.15, 0.2) is 0 Å². The summed E-state index contributed by atoms with van der Waals surface area (Å²) >= 11 is 0. The van der Waals surface area contributed by atoms with E-state index in [0.717, 1.165) is 0 Å². The summed E-state index contributed by atoms with van der Waals surface area (Å²) in [5, 5.41) is 7.92. The molecule has 0 rings (SSSR count). The molecule has 0 saturated heterocycles. The van der Waals surface area contributed by atoms with Gasteiger partial charge in [0.25, 0.3) is 5.91 Å². The molecule has 0 aliphatic carbocycles. The molecule has 1 amide bonds. The normalized spacial score (nSPS) is 11.0. The number of carbonyl (C=O) groups is 1. The van der Waals surface area contributed by atoms with Crippen LogP contribution in [0.3, 0.4) is 0 Å². The SMILES string of the molecule is CC=C(N)C(=O)NO. The third-order valence-electron chi connectivity index (χ3n) is 0.675. The molecular weight excluding hydrogens is 108 g/mol. The molecule has 0 aromatic heterocycles. The second kappa shape index (κ2) is 3.04. The number of rotatable bonds is 1. The Morgan fingerprint density at radius 1 is 1.88 bits per heavy atom. The zero-order chi connectivity index (χ0) is 6.57. The topological polar surface area (TPSA) is 75.4 Å². The van der Waals surface area contributed by atoms with Gasteiger partial charge in [0, 0.05) is 0 Å². The summed E-state index contributed by atoms with van der Waals surface area (Å²) in [5.41, 5.74) is 6.41. The number of amides is 1. The minimum Gasteiger partial charge on any atom is -0.394 e. The van der Waals surface area contributed by atoms with Crippen LogP contribution in [0, 0.1) is 0 Å². The fourth-order valence-electron chi connectivity index (χ4n) is 0.196. The molecule has 0 fully saturated rings. The second-order valence-electron chi connectivity index (χ2n) is 1.18. The Labute approximate surface area is 46.9 Å². The maximum Gasteiger partial charge on any atom is 0.290 e. The van der Waals surface area contributed by atoms with E-state index < -0.39 is 5.91 Å². The third-order valence-corrected chi connectivity index (χ3v) is 0.675. The molecule has 0 spiro atoms. The van der Waals surface area contributed by atoms with E-state index in [-0.39, 0.29) is 5.70 Å². The van der Waals surface area contributed by atoms with E-state index in [1.807, 2.05) is 0 Å². The fourth-order valence-corrected chi connectivity index (χ4v) is 0.196. The molecule has 0 aliphatic rings. The van der Waals surface area contributed by atoms with Gasteiger partial charge in [0.05, 0.1) is 5.70 Å². The van der Waals surface area contributed by atoms with Crippen LogP contribution >= 0.6 is 0 Å². The first kappa shape index (κ1) is 6.97. The molecule has 0 radical (unpaired) electrons. The molecule has 0 saturated carbocycles. The van der Waals surface area contributed by atoms with E-state index in [2.05, 4.69) is 0 Å². The first-order chi connectivity index (χ1) is 3.72. The standard InChI is InChI=1S/C4H8N2O2/c1-2-3(5)4(7)6-8/h2,8H,5H2,1H3,(H,6,7). The summed E-state index contributed by atoms with van der Waals surface area (Å²) in [5.74, 6) is -0.674. The lowest BCUT2D eigenvalue weighted by Gasteiger charge is -1.93. The van der Waals surface area contributed by atoms with Crippen LogP contribution in [0.25, 0.3) is 0 Å². The summed E-state index contributed by atoms with van der Waals surface area (Å²) in [6.45, 7) is 1.60. The van der Waals surface area contributed by atoms with Gasteiger partial charge in [-0.3, -0.25) is 10.0 Å². The first-order valence-corrected chi connectivity index (χ1v) is 2.08. The minimum absolute atomic E-state index is 0.00694. The number of nitrogens with two attached hydrogens (primary N) is 1. The highest BCUT2D eigenvalue weighted by Crippen LogP contribution is 1.78. The highest BCUT2D eigenvalue weighted by molar-refractivity contribution is 5.91. The Morgan fingerprint density at radius 3 is 2.50 bits per heavy atom. The average Bonchev–Trinajstić information content (AvgIpc) is 1.84. The highest BCUT2D eigenvalue weighted by Gasteiger charge is 1.97. The van der Waals surface area contributed by atoms with Gasteiger partial charge in [0.2, 0.25) is 0 Å². The first-order valence-electron chi connectivity index (χ1n) is 2.08. The number of nitrogens with one attached hydrogen (secondary N) is 1. The maximum absolute atomic E-state index is 10.2. The number of hydrogen-bond donors (Lipinski definition) is 3. The quantitative estimate of drug-likeness (QED) is 0.242. The molecule has 0 aliphatic heterocycles. The Bertz CT molecular complexity index is 119. The Hall–Kier alpha value is -1.03. The van der Waals surface area contributed by atoms with Crippen molar-refractivity contribution in [3.63, 3.8) is 0 Å². The molecule has 0 bridgehead atoms. The molecular formula is C4H8N2O2. The Balaban J connectivity index is 3.83. The van der Waals surface area contributed by atoms with Crippen molar-refractivity contribution in [3.05, 3.63) is 11.8 Å². The van der Waals surface area contributed by atoms with E-state index >= 15 is 0 Å². The van der Waals surface area contributed by atoms with Crippen molar-refractivity contribution in [1.29, 1.82) is 0 Å². The van der Waals surface area contributed by atoms with Crippen molar-refractivity contribution in [2.24, 2.45) is 5.73 Å². The van der Waals surface area contributed by atoms with Crippen molar-refractivity contribution < 1.29 is 10.0 Å². The van der Waals surface area contributed by atoms with Crippen LogP contribution in [0.1, 0.15) is 6.92 Å². The molecule has 0 aromatic rings. The van der Waals surface area contributed by atoms with Crippen LogP contribution in [0.5, 0.6) is 0 Å².